The maximum atomic E-state index is 13.1. The molecule has 2 aromatic rings. The van der Waals surface area contributed by atoms with Gasteiger partial charge in [0.15, 0.2) is 0 Å². The highest BCUT2D eigenvalue weighted by Crippen LogP contribution is 2.30. The van der Waals surface area contributed by atoms with Crippen LogP contribution in [0.2, 0.25) is 0 Å². The fourth-order valence-electron chi connectivity index (χ4n) is 4.21. The molecule has 2 heterocycles. The van der Waals surface area contributed by atoms with Crippen molar-refractivity contribution in [1.29, 1.82) is 0 Å². The standard InChI is InChI=1S/C16H22N4O3/c21-15-13-14(18-23-17-13)19(11-7-3-1-4-8-11)16(22)20(15)12-9-5-2-6-10-12/h11-12H,1-10H2. The summed E-state index contributed by atoms with van der Waals surface area (Å²) in [7, 11) is 0. The van der Waals surface area contributed by atoms with Crippen molar-refractivity contribution in [2.45, 2.75) is 76.3 Å². The SMILES string of the molecule is O=c1c2nonc2n(C2CCCCC2)c(=O)n1C1CCCCC1. The Morgan fingerprint density at radius 2 is 1.35 bits per heavy atom. The first-order valence-electron chi connectivity index (χ1n) is 8.76. The molecule has 0 amide bonds. The van der Waals surface area contributed by atoms with Gasteiger partial charge in [0.25, 0.3) is 5.56 Å². The third kappa shape index (κ3) is 2.42. The van der Waals surface area contributed by atoms with Crippen LogP contribution >= 0.6 is 0 Å². The minimum absolute atomic E-state index is 0.0142. The van der Waals surface area contributed by atoms with E-state index in [-0.39, 0.29) is 28.8 Å². The minimum atomic E-state index is -0.342. The van der Waals surface area contributed by atoms with E-state index in [0.717, 1.165) is 51.4 Å². The van der Waals surface area contributed by atoms with Gasteiger partial charge in [0.2, 0.25) is 11.2 Å². The molecular weight excluding hydrogens is 296 g/mol. The molecule has 7 heteroatoms. The maximum Gasteiger partial charge on any atom is 0.333 e. The number of hydrogen-bond donors (Lipinski definition) is 0. The molecule has 7 nitrogen and oxygen atoms in total. The van der Waals surface area contributed by atoms with Crippen molar-refractivity contribution in [1.82, 2.24) is 19.4 Å². The molecule has 0 aromatic carbocycles. The maximum absolute atomic E-state index is 13.1. The summed E-state index contributed by atoms with van der Waals surface area (Å²) in [5, 5.41) is 7.66. The smallest absolute Gasteiger partial charge is 0.270 e. The Labute approximate surface area is 133 Å². The van der Waals surface area contributed by atoms with Gasteiger partial charge in [-0.2, -0.15) is 0 Å². The van der Waals surface area contributed by atoms with Crippen LogP contribution in [0.15, 0.2) is 14.2 Å². The van der Waals surface area contributed by atoms with E-state index >= 15 is 0 Å². The average Bonchev–Trinajstić information content (AvgIpc) is 3.07. The second kappa shape index (κ2) is 5.94. The van der Waals surface area contributed by atoms with E-state index in [1.165, 1.54) is 17.4 Å². The van der Waals surface area contributed by atoms with Crippen molar-refractivity contribution in [3.63, 3.8) is 0 Å². The Hall–Kier alpha value is -1.92. The lowest BCUT2D eigenvalue weighted by molar-refractivity contribution is 0.299. The van der Waals surface area contributed by atoms with Crippen LogP contribution in [-0.2, 0) is 0 Å². The largest absolute Gasteiger partial charge is 0.333 e. The van der Waals surface area contributed by atoms with Gasteiger partial charge in [-0.25, -0.2) is 9.42 Å². The number of nitrogens with zero attached hydrogens (tertiary/aromatic N) is 4. The molecule has 0 aliphatic heterocycles. The topological polar surface area (TPSA) is 82.9 Å². The van der Waals surface area contributed by atoms with Crippen molar-refractivity contribution in [3.8, 4) is 0 Å². The van der Waals surface area contributed by atoms with Gasteiger partial charge >= 0.3 is 5.69 Å². The lowest BCUT2D eigenvalue weighted by atomic mass is 9.94. The molecule has 2 saturated carbocycles. The first-order chi connectivity index (χ1) is 11.3. The summed E-state index contributed by atoms with van der Waals surface area (Å²) in [6.07, 6.45) is 10.4. The molecule has 4 rings (SSSR count). The van der Waals surface area contributed by atoms with Gasteiger partial charge in [0.05, 0.1) is 0 Å². The van der Waals surface area contributed by atoms with Crippen LogP contribution in [0.3, 0.4) is 0 Å². The van der Waals surface area contributed by atoms with E-state index in [1.807, 2.05) is 0 Å². The molecule has 0 spiro atoms. The lowest BCUT2D eigenvalue weighted by Crippen LogP contribution is -2.44. The van der Waals surface area contributed by atoms with Crippen LogP contribution in [0, 0.1) is 0 Å². The first kappa shape index (κ1) is 14.7. The second-order valence-corrected chi connectivity index (χ2v) is 6.85. The average molecular weight is 318 g/mol. The summed E-state index contributed by atoms with van der Waals surface area (Å²) in [4.78, 5) is 25.8. The van der Waals surface area contributed by atoms with Crippen molar-refractivity contribution in [3.05, 3.63) is 20.8 Å². The highest BCUT2D eigenvalue weighted by Gasteiger charge is 2.28. The molecule has 0 saturated heterocycles. The minimum Gasteiger partial charge on any atom is -0.270 e. The van der Waals surface area contributed by atoms with Gasteiger partial charge in [-0.15, -0.1) is 0 Å². The van der Waals surface area contributed by atoms with Crippen molar-refractivity contribution < 1.29 is 4.63 Å². The Morgan fingerprint density at radius 3 is 1.96 bits per heavy atom. The van der Waals surface area contributed by atoms with Gasteiger partial charge in [-0.05, 0) is 36.0 Å². The summed E-state index contributed by atoms with van der Waals surface area (Å²) in [6.45, 7) is 0. The van der Waals surface area contributed by atoms with Crippen LogP contribution in [0.4, 0.5) is 0 Å². The van der Waals surface area contributed by atoms with Gasteiger partial charge < -0.3 is 0 Å². The molecule has 2 aliphatic rings. The molecule has 2 aromatic heterocycles. The first-order valence-corrected chi connectivity index (χ1v) is 8.76. The number of fused-ring (bicyclic) bond motifs is 1. The summed E-state index contributed by atoms with van der Waals surface area (Å²) in [5.41, 5.74) is -0.0538. The summed E-state index contributed by atoms with van der Waals surface area (Å²) in [6, 6.07) is 0.0841. The van der Waals surface area contributed by atoms with Crippen LogP contribution in [0.5, 0.6) is 0 Å². The molecule has 0 bridgehead atoms. The third-order valence-corrected chi connectivity index (χ3v) is 5.41. The van der Waals surface area contributed by atoms with Crippen LogP contribution in [0.25, 0.3) is 11.2 Å². The zero-order valence-electron chi connectivity index (χ0n) is 13.2. The van der Waals surface area contributed by atoms with E-state index in [1.54, 1.807) is 4.57 Å². The summed E-state index contributed by atoms with van der Waals surface area (Å²) in [5.74, 6) is 0. The highest BCUT2D eigenvalue weighted by atomic mass is 16.6. The van der Waals surface area contributed by atoms with Crippen molar-refractivity contribution in [2.24, 2.45) is 0 Å². The lowest BCUT2D eigenvalue weighted by Gasteiger charge is -2.27. The third-order valence-electron chi connectivity index (χ3n) is 5.41. The van der Waals surface area contributed by atoms with E-state index in [2.05, 4.69) is 10.3 Å². The molecular formula is C16H22N4O3. The molecule has 0 N–H and O–H groups in total. The zero-order chi connectivity index (χ0) is 15.8. The number of aromatic nitrogens is 4. The fourth-order valence-corrected chi connectivity index (χ4v) is 4.21. The van der Waals surface area contributed by atoms with Gasteiger partial charge in [0.1, 0.15) is 0 Å². The van der Waals surface area contributed by atoms with E-state index in [0.29, 0.717) is 5.65 Å². The molecule has 23 heavy (non-hydrogen) atoms. The van der Waals surface area contributed by atoms with Crippen molar-refractivity contribution >= 4 is 11.2 Å². The molecule has 2 fully saturated rings. The quantitative estimate of drug-likeness (QED) is 0.849. The second-order valence-electron chi connectivity index (χ2n) is 6.85. The Balaban J connectivity index is 1.92. The number of hydrogen-bond acceptors (Lipinski definition) is 5. The molecule has 0 radical (unpaired) electrons. The summed E-state index contributed by atoms with van der Waals surface area (Å²) >= 11 is 0. The Kier molecular flexibility index (Phi) is 3.79. The zero-order valence-corrected chi connectivity index (χ0v) is 13.2. The molecule has 0 atom stereocenters. The van der Waals surface area contributed by atoms with Gasteiger partial charge in [-0.1, -0.05) is 38.5 Å². The fraction of sp³-hybridized carbons (Fsp3) is 0.750. The predicted molar refractivity (Wildman–Crippen MR) is 84.6 cm³/mol. The Morgan fingerprint density at radius 1 is 0.783 bits per heavy atom. The van der Waals surface area contributed by atoms with Gasteiger partial charge in [0, 0.05) is 12.1 Å². The predicted octanol–water partition coefficient (Wildman–Crippen LogP) is 2.56. The molecule has 124 valence electrons. The van der Waals surface area contributed by atoms with E-state index in [9.17, 15) is 9.59 Å². The monoisotopic (exact) mass is 318 g/mol. The van der Waals surface area contributed by atoms with E-state index in [4.69, 9.17) is 4.63 Å². The van der Waals surface area contributed by atoms with E-state index < -0.39 is 0 Å². The Bertz CT molecular complexity index is 807. The van der Waals surface area contributed by atoms with Crippen LogP contribution in [0.1, 0.15) is 76.3 Å². The molecule has 2 aliphatic carbocycles. The van der Waals surface area contributed by atoms with Gasteiger partial charge in [-0.3, -0.25) is 13.9 Å². The summed E-state index contributed by atoms with van der Waals surface area (Å²) < 4.78 is 7.91. The normalized spacial score (nSPS) is 21.0. The molecule has 0 unspecified atom stereocenters. The van der Waals surface area contributed by atoms with Crippen molar-refractivity contribution in [2.75, 3.05) is 0 Å². The number of rotatable bonds is 2. The van der Waals surface area contributed by atoms with Crippen LogP contribution in [-0.4, -0.2) is 19.4 Å². The highest BCUT2D eigenvalue weighted by molar-refractivity contribution is 5.67. The van der Waals surface area contributed by atoms with Crippen LogP contribution < -0.4 is 11.2 Å².